The molecule has 7 aromatic carbocycles. The lowest BCUT2D eigenvalue weighted by atomic mass is 9.88. The highest BCUT2D eigenvalue weighted by Gasteiger charge is 2.22. The number of hydrogen-bond donors (Lipinski definition) is 0. The van der Waals surface area contributed by atoms with E-state index in [-0.39, 0.29) is 33.4 Å². The van der Waals surface area contributed by atoms with Gasteiger partial charge in [0.25, 0.3) is 6.33 Å². The third kappa shape index (κ3) is 7.16. The quantitative estimate of drug-likeness (QED) is 0.108. The molecule has 3 heterocycles. The number of ether oxygens (including phenoxy) is 1. The van der Waals surface area contributed by atoms with Gasteiger partial charge in [0.2, 0.25) is 0 Å². The van der Waals surface area contributed by atoms with E-state index in [1.54, 1.807) is 53.3 Å². The van der Waals surface area contributed by atoms with E-state index in [0.717, 1.165) is 33.2 Å². The Morgan fingerprint density at radius 1 is 0.689 bits per heavy atom. The molecular weight excluding hydrogens is 745 g/mol. The molecule has 0 bridgehead atoms. The van der Waals surface area contributed by atoms with Crippen LogP contribution in [-0.4, -0.2) is 14.1 Å². The lowest BCUT2D eigenvalue weighted by Gasteiger charge is -2.20. The van der Waals surface area contributed by atoms with Gasteiger partial charge < -0.3 is 4.74 Å². The maximum absolute atomic E-state index is 9.16. The van der Waals surface area contributed by atoms with E-state index < -0.39 is 72.7 Å². The van der Waals surface area contributed by atoms with Crippen LogP contribution >= 0.6 is 0 Å². The summed E-state index contributed by atoms with van der Waals surface area (Å²) in [5, 5.41) is 2.08. The number of para-hydroxylation sites is 2. The maximum Gasteiger partial charge on any atom is 0.269 e. The van der Waals surface area contributed by atoms with Crippen molar-refractivity contribution in [1.29, 1.82) is 0 Å². The van der Waals surface area contributed by atoms with Crippen LogP contribution in [0.5, 0.6) is 11.5 Å². The van der Waals surface area contributed by atoms with Gasteiger partial charge in [-0.15, -0.1) is 0 Å². The zero-order valence-electron chi connectivity index (χ0n) is 46.3. The van der Waals surface area contributed by atoms with E-state index in [4.69, 9.17) is 26.2 Å². The molecule has 0 saturated heterocycles. The Morgan fingerprint density at radius 3 is 2.10 bits per heavy atom. The number of benzene rings is 7. The topological polar surface area (TPSA) is 35.9 Å². The van der Waals surface area contributed by atoms with Gasteiger partial charge in [-0.1, -0.05) is 155 Å². The van der Waals surface area contributed by atoms with Gasteiger partial charge in [-0.3, -0.25) is 13.7 Å². The molecule has 0 aliphatic rings. The summed E-state index contributed by atoms with van der Waals surface area (Å²) in [6.07, 6.45) is 3.41. The van der Waals surface area contributed by atoms with Gasteiger partial charge in [0.15, 0.2) is 0 Å². The Labute approximate surface area is 374 Å². The third-order valence-corrected chi connectivity index (χ3v) is 10.7. The van der Waals surface area contributed by atoms with E-state index in [9.17, 15) is 0 Å². The number of aromatic nitrogens is 4. The lowest BCUT2D eigenvalue weighted by molar-refractivity contribution is -0.571. The van der Waals surface area contributed by atoms with Crippen molar-refractivity contribution in [2.45, 2.75) is 46.4 Å². The third-order valence-electron chi connectivity index (χ3n) is 10.7. The molecule has 0 atom stereocenters. The molecule has 0 fully saturated rings. The average molecular weight is 805 g/mol. The van der Waals surface area contributed by atoms with E-state index in [0.29, 0.717) is 33.8 Å². The SMILES string of the molecule is [2H]c1c([2H])c([2H])c(-c2cccc(-c3c([2H])c([2H])c([2H])c([2H])c3[2H])c2-[n+]2[c-]n(-c3cccc(Oc4ccc5c6ccccc6n(-c6cc(C(C)(C)C)ccn6)c5c4)c3)c3ccc(C([2H])([2H])C(C)C)cc32)c([2H])c1[2H]. The average Bonchev–Trinajstić information content (AvgIpc) is 3.91. The summed E-state index contributed by atoms with van der Waals surface area (Å²) < 4.78 is 118. The van der Waals surface area contributed by atoms with Crippen LogP contribution in [0.15, 0.2) is 182 Å². The smallest absolute Gasteiger partial charge is 0.269 e. The molecule has 10 rings (SSSR count). The number of imidazole rings is 1. The normalized spacial score (nSPS) is 14.9. The van der Waals surface area contributed by atoms with Crippen LogP contribution in [-0.2, 0) is 11.8 Å². The van der Waals surface area contributed by atoms with Gasteiger partial charge in [-0.05, 0) is 100 Å². The van der Waals surface area contributed by atoms with E-state index >= 15 is 0 Å². The molecule has 5 nitrogen and oxygen atoms in total. The van der Waals surface area contributed by atoms with Gasteiger partial charge in [0.05, 0.1) is 47.1 Å². The summed E-state index contributed by atoms with van der Waals surface area (Å²) in [5.74, 6) is 1.31. The molecule has 0 aliphatic carbocycles. The standard InChI is InChI=1S/C56H48N4O/c1-38(2)32-39-26-29-51-53(33-39)59(55-46(40-16-8-6-9-17-40)23-15-24-47(55)41-18-10-7-11-19-41)37-58(51)43-20-14-21-44(35-43)61-45-27-28-49-48-22-12-13-25-50(48)60(52(49)36-45)54-34-42(30-31-57-54)56(3,4)5/h6-31,33-36,38H,32H2,1-5H3/i6D,7D,8D,9D,10D,11D,16D,17D,18D,19D,32D2. The molecule has 0 spiro atoms. The highest BCUT2D eigenvalue weighted by atomic mass is 16.5. The number of rotatable bonds is 9. The van der Waals surface area contributed by atoms with Crippen molar-refractivity contribution in [3.63, 3.8) is 0 Å². The largest absolute Gasteiger partial charge is 0.458 e. The lowest BCUT2D eigenvalue weighted by Crippen LogP contribution is -2.31. The van der Waals surface area contributed by atoms with Crippen LogP contribution in [0.3, 0.4) is 0 Å². The molecule has 61 heavy (non-hydrogen) atoms. The molecule has 0 unspecified atom stereocenters. The zero-order valence-corrected chi connectivity index (χ0v) is 34.3. The maximum atomic E-state index is 9.16. The Kier molecular flexibility index (Phi) is 6.77. The zero-order chi connectivity index (χ0) is 52.2. The predicted molar refractivity (Wildman–Crippen MR) is 250 cm³/mol. The fourth-order valence-corrected chi connectivity index (χ4v) is 7.94. The first-order chi connectivity index (χ1) is 34.6. The first-order valence-electron chi connectivity index (χ1n) is 26.2. The Morgan fingerprint density at radius 2 is 1.38 bits per heavy atom. The predicted octanol–water partition coefficient (Wildman–Crippen LogP) is 13.8. The molecule has 0 amide bonds. The fraction of sp³-hybridized carbons (Fsp3) is 0.143. The second-order valence-electron chi connectivity index (χ2n) is 16.3. The molecule has 0 aliphatic heterocycles. The summed E-state index contributed by atoms with van der Waals surface area (Å²) >= 11 is 0. The molecule has 3 aromatic heterocycles. The molecule has 0 N–H and O–H groups in total. The van der Waals surface area contributed by atoms with Crippen LogP contribution < -0.4 is 9.30 Å². The summed E-state index contributed by atoms with van der Waals surface area (Å²) in [6, 6.07) is 29.6. The van der Waals surface area contributed by atoms with Crippen LogP contribution in [0, 0.1) is 12.2 Å². The van der Waals surface area contributed by atoms with Crippen LogP contribution in [0.4, 0.5) is 0 Å². The Hall–Kier alpha value is -7.24. The number of nitrogens with zero attached hydrogens (tertiary/aromatic N) is 4. The van der Waals surface area contributed by atoms with Crippen molar-refractivity contribution >= 4 is 32.8 Å². The van der Waals surface area contributed by atoms with Crippen molar-refractivity contribution in [3.8, 4) is 50.9 Å². The summed E-state index contributed by atoms with van der Waals surface area (Å²) in [5.41, 5.74) is 4.44. The monoisotopic (exact) mass is 804 g/mol. The van der Waals surface area contributed by atoms with Crippen LogP contribution in [0.1, 0.15) is 62.2 Å². The van der Waals surface area contributed by atoms with Crippen molar-refractivity contribution in [3.05, 3.63) is 199 Å². The Bertz CT molecular complexity index is 3760. The number of hydrogen-bond acceptors (Lipinski definition) is 2. The van der Waals surface area contributed by atoms with Crippen LogP contribution in [0.2, 0.25) is 0 Å². The molecule has 0 radical (unpaired) electrons. The summed E-state index contributed by atoms with van der Waals surface area (Å²) in [7, 11) is 0. The summed E-state index contributed by atoms with van der Waals surface area (Å²) in [6.45, 7) is 10.0. The van der Waals surface area contributed by atoms with Gasteiger partial charge in [0, 0.05) is 25.8 Å². The fourth-order valence-electron chi connectivity index (χ4n) is 7.94. The minimum atomic E-state index is -1.84. The first kappa shape index (κ1) is 26.8. The highest BCUT2D eigenvalue weighted by Crippen LogP contribution is 2.38. The first-order valence-corrected chi connectivity index (χ1v) is 20.2. The second kappa shape index (κ2) is 15.4. The molecule has 5 heteroatoms. The van der Waals surface area contributed by atoms with Gasteiger partial charge in [0.1, 0.15) is 17.3 Å². The van der Waals surface area contributed by atoms with Gasteiger partial charge >= 0.3 is 0 Å². The van der Waals surface area contributed by atoms with Gasteiger partial charge in [-0.25, -0.2) is 4.98 Å². The second-order valence-corrected chi connectivity index (χ2v) is 16.3. The van der Waals surface area contributed by atoms with E-state index in [2.05, 4.69) is 49.9 Å². The van der Waals surface area contributed by atoms with E-state index in [1.165, 1.54) is 6.07 Å². The van der Waals surface area contributed by atoms with Crippen molar-refractivity contribution in [2.24, 2.45) is 5.92 Å². The summed E-state index contributed by atoms with van der Waals surface area (Å²) in [4.78, 5) is 4.82. The number of pyridine rings is 1. The highest BCUT2D eigenvalue weighted by molar-refractivity contribution is 6.09. The molecular formula is C56H48N4O. The molecule has 10 aromatic rings. The number of fused-ring (bicyclic) bond motifs is 4. The van der Waals surface area contributed by atoms with Crippen molar-refractivity contribution in [1.82, 2.24) is 14.1 Å². The van der Waals surface area contributed by atoms with Crippen LogP contribution in [0.25, 0.3) is 72.3 Å². The minimum absolute atomic E-state index is 0.0732. The van der Waals surface area contributed by atoms with Gasteiger partial charge in [-0.2, -0.15) is 0 Å². The molecule has 298 valence electrons. The minimum Gasteiger partial charge on any atom is -0.458 e. The Balaban J connectivity index is 1.20. The van der Waals surface area contributed by atoms with E-state index in [1.807, 2.05) is 66.9 Å². The molecule has 0 saturated carbocycles. The van der Waals surface area contributed by atoms with Crippen molar-refractivity contribution < 1.29 is 25.8 Å². The van der Waals surface area contributed by atoms with Crippen molar-refractivity contribution in [2.75, 3.05) is 0 Å².